The van der Waals surface area contributed by atoms with E-state index in [-0.39, 0.29) is 41.7 Å². The second kappa shape index (κ2) is 11.2. The molecule has 2 aromatic heterocycles. The average molecular weight is 551 g/mol. The minimum atomic E-state index is -4.64. The maximum Gasteiger partial charge on any atom is 0.433 e. The van der Waals surface area contributed by atoms with Gasteiger partial charge in [-0.3, -0.25) is 4.79 Å². The van der Waals surface area contributed by atoms with Crippen LogP contribution in [0.2, 0.25) is 10.2 Å². The molecular weight excluding hydrogens is 528 g/mol. The van der Waals surface area contributed by atoms with Crippen LogP contribution in [-0.2, 0) is 6.18 Å². The van der Waals surface area contributed by atoms with Gasteiger partial charge >= 0.3 is 6.18 Å². The normalized spacial score (nSPS) is 20.2. The van der Waals surface area contributed by atoms with Gasteiger partial charge in [-0.2, -0.15) is 13.2 Å². The van der Waals surface area contributed by atoms with Crippen molar-refractivity contribution in [1.82, 2.24) is 9.97 Å². The summed E-state index contributed by atoms with van der Waals surface area (Å²) in [5.74, 6) is -0.969. The molecule has 1 saturated heterocycles. The zero-order chi connectivity index (χ0) is 26.6. The highest BCUT2D eigenvalue weighted by Gasteiger charge is 2.36. The molecule has 1 fully saturated rings. The van der Waals surface area contributed by atoms with Crippen LogP contribution < -0.4 is 5.32 Å². The number of nitrogens with zero attached hydrogens (tertiary/aromatic N) is 3. The Morgan fingerprint density at radius 3 is 2.46 bits per heavy atom. The molecule has 1 amide bonds. The smallest absolute Gasteiger partial charge is 0.433 e. The number of benzene rings is 1. The molecule has 0 saturated carbocycles. The Morgan fingerprint density at radius 2 is 1.81 bits per heavy atom. The number of likely N-dealkylation sites (tertiary alicyclic amines) is 1. The van der Waals surface area contributed by atoms with Crippen molar-refractivity contribution in [3.63, 3.8) is 0 Å². The van der Waals surface area contributed by atoms with Crippen molar-refractivity contribution >= 4 is 40.9 Å². The Kier molecular flexibility index (Phi) is 8.18. The number of halogens is 5. The van der Waals surface area contributed by atoms with Crippen molar-refractivity contribution in [2.45, 2.75) is 24.9 Å². The Bertz CT molecular complexity index is 1290. The van der Waals surface area contributed by atoms with Crippen molar-refractivity contribution in [3.8, 4) is 0 Å². The van der Waals surface area contributed by atoms with Crippen LogP contribution in [0.5, 0.6) is 0 Å². The summed E-state index contributed by atoms with van der Waals surface area (Å²) in [5.41, 5.74) is 0.356. The maximum absolute atomic E-state index is 13.4. The van der Waals surface area contributed by atoms with E-state index in [4.69, 9.17) is 23.2 Å². The van der Waals surface area contributed by atoms with Crippen LogP contribution in [0.15, 0.2) is 60.8 Å². The highest BCUT2D eigenvalue weighted by molar-refractivity contribution is 6.30. The lowest BCUT2D eigenvalue weighted by atomic mass is 9.91. The molecule has 1 aliphatic heterocycles. The van der Waals surface area contributed by atoms with E-state index in [1.165, 1.54) is 24.4 Å². The predicted molar refractivity (Wildman–Crippen MR) is 137 cm³/mol. The second-order valence-electron chi connectivity index (χ2n) is 8.86. The summed E-state index contributed by atoms with van der Waals surface area (Å²) >= 11 is 11.7. The Balaban J connectivity index is 1.49. The van der Waals surface area contributed by atoms with E-state index in [1.54, 1.807) is 18.2 Å². The molecule has 1 aliphatic rings. The van der Waals surface area contributed by atoms with Crippen LogP contribution in [-0.4, -0.2) is 40.2 Å². The van der Waals surface area contributed by atoms with Crippen molar-refractivity contribution < 1.29 is 22.6 Å². The molecule has 0 spiro atoms. The Morgan fingerprint density at radius 1 is 1.11 bits per heavy atom. The van der Waals surface area contributed by atoms with Gasteiger partial charge in [0.15, 0.2) is 0 Å². The first-order chi connectivity index (χ1) is 17.5. The summed E-state index contributed by atoms with van der Waals surface area (Å²) in [7, 11) is 0. The minimum absolute atomic E-state index is 0.111. The first-order valence-electron chi connectivity index (χ1n) is 11.5. The zero-order valence-corrected chi connectivity index (χ0v) is 21.0. The summed E-state index contributed by atoms with van der Waals surface area (Å²) in [6.45, 7) is 0.652. The monoisotopic (exact) mass is 550 g/mol. The average Bonchev–Trinajstić information content (AvgIpc) is 2.85. The topological polar surface area (TPSA) is 77.9 Å². The van der Waals surface area contributed by atoms with Gasteiger partial charge in [0.2, 0.25) is 0 Å². The number of aromatic nitrogens is 2. The fourth-order valence-corrected chi connectivity index (χ4v) is 4.54. The molecule has 194 valence electrons. The molecule has 0 radical (unpaired) electrons. The summed E-state index contributed by atoms with van der Waals surface area (Å²) in [4.78, 5) is 20.4. The molecule has 0 bridgehead atoms. The number of rotatable bonds is 6. The third-order valence-electron chi connectivity index (χ3n) is 6.23. The SMILES string of the molecule is O=C(Nc1ccc(C(F)(F)F)nc1C1CC[N+]([O-])(C/C=C/c2ccc(Cl)cc2)CC1)c1ccnc(Cl)c1. The van der Waals surface area contributed by atoms with Gasteiger partial charge in [0.1, 0.15) is 10.8 Å². The maximum atomic E-state index is 13.4. The van der Waals surface area contributed by atoms with Crippen molar-refractivity contribution in [1.29, 1.82) is 0 Å². The zero-order valence-electron chi connectivity index (χ0n) is 19.5. The van der Waals surface area contributed by atoms with Gasteiger partial charge in [0, 0.05) is 35.5 Å². The number of anilines is 1. The second-order valence-corrected chi connectivity index (χ2v) is 9.69. The number of carbonyl (C=O) groups excluding carboxylic acids is 1. The Hall–Kier alpha value is -2.98. The van der Waals surface area contributed by atoms with E-state index < -0.39 is 28.3 Å². The summed E-state index contributed by atoms with van der Waals surface area (Å²) in [6, 6.07) is 12.0. The number of hydrogen-bond acceptors (Lipinski definition) is 4. The van der Waals surface area contributed by atoms with Gasteiger partial charge in [-0.1, -0.05) is 41.4 Å². The fraction of sp³-hybridized carbons (Fsp3) is 0.269. The number of quaternary nitrogens is 1. The quantitative estimate of drug-likeness (QED) is 0.204. The molecule has 1 N–H and O–H groups in total. The van der Waals surface area contributed by atoms with Crippen LogP contribution >= 0.6 is 23.2 Å². The van der Waals surface area contributed by atoms with E-state index in [2.05, 4.69) is 15.3 Å². The van der Waals surface area contributed by atoms with E-state index in [0.29, 0.717) is 17.9 Å². The number of amides is 1. The molecule has 3 heterocycles. The summed E-state index contributed by atoms with van der Waals surface area (Å²) in [5, 5.41) is 16.6. The standard InChI is InChI=1S/C26H23Cl2F3N4O2/c27-20-5-3-17(4-6-20)2-1-13-35(37)14-10-18(11-15-35)24-21(7-8-22(34-24)26(29,30)31)33-25(36)19-9-12-32-23(28)16-19/h1-9,12,16,18H,10-11,13-15H2,(H,33,36)/b2-1+. The van der Waals surface area contributed by atoms with Crippen molar-refractivity contribution in [2.75, 3.05) is 25.0 Å². The first-order valence-corrected chi connectivity index (χ1v) is 12.3. The number of nitrogens with one attached hydrogen (secondary N) is 1. The van der Waals surface area contributed by atoms with E-state index in [0.717, 1.165) is 11.6 Å². The number of piperidine rings is 1. The molecule has 1 aromatic carbocycles. The lowest BCUT2D eigenvalue weighted by Crippen LogP contribution is -2.48. The van der Waals surface area contributed by atoms with Gasteiger partial charge < -0.3 is 15.2 Å². The summed E-state index contributed by atoms with van der Waals surface area (Å²) in [6.07, 6.45) is 1.01. The van der Waals surface area contributed by atoms with Crippen LogP contribution in [0.1, 0.15) is 46.1 Å². The molecule has 37 heavy (non-hydrogen) atoms. The fourth-order valence-electron chi connectivity index (χ4n) is 4.24. The lowest BCUT2D eigenvalue weighted by molar-refractivity contribution is -0.880. The third-order valence-corrected chi connectivity index (χ3v) is 6.69. The number of hydrogen-bond donors (Lipinski definition) is 1. The molecular formula is C26H23Cl2F3N4O2. The minimum Gasteiger partial charge on any atom is -0.633 e. The number of pyridine rings is 2. The number of hydroxylamine groups is 3. The van der Waals surface area contributed by atoms with E-state index in [1.807, 2.05) is 18.2 Å². The van der Waals surface area contributed by atoms with Crippen molar-refractivity contribution in [3.05, 3.63) is 98.7 Å². The van der Waals surface area contributed by atoms with Crippen LogP contribution in [0.3, 0.4) is 0 Å². The van der Waals surface area contributed by atoms with Crippen LogP contribution in [0, 0.1) is 5.21 Å². The summed E-state index contributed by atoms with van der Waals surface area (Å²) < 4.78 is 39.8. The highest BCUT2D eigenvalue weighted by Crippen LogP contribution is 2.37. The van der Waals surface area contributed by atoms with Gasteiger partial charge in [0.05, 0.1) is 31.0 Å². The van der Waals surface area contributed by atoms with E-state index >= 15 is 0 Å². The first kappa shape index (κ1) is 27.1. The predicted octanol–water partition coefficient (Wildman–Crippen LogP) is 6.96. The van der Waals surface area contributed by atoms with Gasteiger partial charge in [0.25, 0.3) is 5.91 Å². The third kappa shape index (κ3) is 7.07. The van der Waals surface area contributed by atoms with Crippen LogP contribution in [0.4, 0.5) is 18.9 Å². The van der Waals surface area contributed by atoms with Crippen LogP contribution in [0.25, 0.3) is 6.08 Å². The van der Waals surface area contributed by atoms with Gasteiger partial charge in [-0.05, 0) is 48.0 Å². The molecule has 0 unspecified atom stereocenters. The molecule has 0 aliphatic carbocycles. The van der Waals surface area contributed by atoms with Gasteiger partial charge in [-0.25, -0.2) is 9.97 Å². The number of carbonyl (C=O) groups is 1. The van der Waals surface area contributed by atoms with E-state index in [9.17, 15) is 23.2 Å². The molecule has 4 rings (SSSR count). The van der Waals surface area contributed by atoms with Gasteiger partial charge in [-0.15, -0.1) is 0 Å². The van der Waals surface area contributed by atoms with Crippen molar-refractivity contribution in [2.24, 2.45) is 0 Å². The molecule has 0 atom stereocenters. The Labute approximate surface area is 221 Å². The molecule has 3 aromatic rings. The molecule has 6 nitrogen and oxygen atoms in total. The molecule has 11 heteroatoms. The number of alkyl halides is 3. The largest absolute Gasteiger partial charge is 0.633 e. The highest BCUT2D eigenvalue weighted by atomic mass is 35.5. The lowest BCUT2D eigenvalue weighted by Gasteiger charge is -2.46.